The van der Waals surface area contributed by atoms with Gasteiger partial charge in [-0.1, -0.05) is 35.9 Å². The van der Waals surface area contributed by atoms with Crippen LogP contribution < -0.4 is 24.4 Å². The third-order valence-corrected chi connectivity index (χ3v) is 7.62. The molecule has 8 heteroatoms. The van der Waals surface area contributed by atoms with Gasteiger partial charge in [0.2, 0.25) is 6.79 Å². The van der Waals surface area contributed by atoms with E-state index in [4.69, 9.17) is 38.0 Å². The zero-order chi connectivity index (χ0) is 19.6. The van der Waals surface area contributed by atoms with Crippen molar-refractivity contribution in [3.05, 3.63) is 58.0 Å². The lowest BCUT2D eigenvalue weighted by atomic mass is 9.81. The van der Waals surface area contributed by atoms with Crippen molar-refractivity contribution in [3.8, 4) is 17.2 Å². The van der Waals surface area contributed by atoms with Crippen molar-refractivity contribution >= 4 is 46.4 Å². The van der Waals surface area contributed by atoms with Crippen molar-refractivity contribution in [2.75, 3.05) is 24.8 Å². The number of hydrogen-bond acceptors (Lipinski definition) is 5. The standard InChI is InChI=1S/C21H17ClN2O3S2/c22-19-6-5-12(29-19)9-24-15-4-2-1-3-13(15)21(23-20(24)28)10-25-16-8-18-17(7-14(16)21)26-11-27-18/h1-4,6-8,12H,5,9-11H2,(H,23,28). The van der Waals surface area contributed by atoms with Gasteiger partial charge in [-0.2, -0.15) is 0 Å². The molecule has 0 saturated carbocycles. The summed E-state index contributed by atoms with van der Waals surface area (Å²) in [5.41, 5.74) is 2.73. The molecule has 0 aromatic heterocycles. The van der Waals surface area contributed by atoms with E-state index in [1.807, 2.05) is 12.1 Å². The third kappa shape index (κ3) is 2.64. The normalized spacial score (nSPS) is 26.1. The highest BCUT2D eigenvalue weighted by molar-refractivity contribution is 8.05. The molecular formula is C21H17ClN2O3S2. The number of para-hydroxylation sites is 1. The number of benzene rings is 2. The van der Waals surface area contributed by atoms with Gasteiger partial charge in [0.15, 0.2) is 16.6 Å². The molecule has 0 saturated heterocycles. The summed E-state index contributed by atoms with van der Waals surface area (Å²) in [7, 11) is 0. The minimum absolute atomic E-state index is 0.233. The lowest BCUT2D eigenvalue weighted by Gasteiger charge is -2.43. The lowest BCUT2D eigenvalue weighted by Crippen LogP contribution is -2.58. The van der Waals surface area contributed by atoms with Gasteiger partial charge < -0.3 is 24.4 Å². The molecule has 2 aromatic carbocycles. The topological polar surface area (TPSA) is 43.0 Å². The van der Waals surface area contributed by atoms with E-state index in [-0.39, 0.29) is 6.79 Å². The number of fused-ring (bicyclic) bond motifs is 5. The van der Waals surface area contributed by atoms with Crippen LogP contribution in [0.15, 0.2) is 46.8 Å². The fraction of sp³-hybridized carbons (Fsp3) is 0.286. The van der Waals surface area contributed by atoms with Crippen LogP contribution in [0.4, 0.5) is 5.69 Å². The number of halogens is 1. The van der Waals surface area contributed by atoms with Gasteiger partial charge in [0.25, 0.3) is 0 Å². The Bertz CT molecular complexity index is 1080. The van der Waals surface area contributed by atoms with Crippen LogP contribution in [0.25, 0.3) is 0 Å². The van der Waals surface area contributed by atoms with Crippen LogP contribution >= 0.6 is 35.6 Å². The van der Waals surface area contributed by atoms with Crippen molar-refractivity contribution in [3.63, 3.8) is 0 Å². The SMILES string of the molecule is S=C1NC2(COc3cc4c(cc32)OCO4)c2ccccc2N1CC1CC=C(Cl)S1. The Morgan fingerprint density at radius 2 is 1.97 bits per heavy atom. The van der Waals surface area contributed by atoms with Gasteiger partial charge in [0.1, 0.15) is 17.9 Å². The highest BCUT2D eigenvalue weighted by atomic mass is 35.5. The van der Waals surface area contributed by atoms with Crippen LogP contribution in [0, 0.1) is 0 Å². The Labute approximate surface area is 182 Å². The molecule has 148 valence electrons. The molecule has 29 heavy (non-hydrogen) atoms. The number of hydrogen-bond donors (Lipinski definition) is 1. The molecule has 0 bridgehead atoms. The number of thioether (sulfide) groups is 1. The zero-order valence-electron chi connectivity index (χ0n) is 15.3. The molecule has 6 rings (SSSR count). The second-order valence-electron chi connectivity index (χ2n) is 7.44. The lowest BCUT2D eigenvalue weighted by molar-refractivity contribution is 0.173. The van der Waals surface area contributed by atoms with Gasteiger partial charge in [-0.15, -0.1) is 11.8 Å². The Kier molecular flexibility index (Phi) is 3.95. The van der Waals surface area contributed by atoms with Crippen LogP contribution in [0.2, 0.25) is 0 Å². The van der Waals surface area contributed by atoms with Gasteiger partial charge in [0, 0.05) is 34.7 Å². The Morgan fingerprint density at radius 1 is 1.14 bits per heavy atom. The summed E-state index contributed by atoms with van der Waals surface area (Å²) in [6.45, 7) is 1.49. The maximum atomic E-state index is 6.18. The molecule has 4 aliphatic heterocycles. The van der Waals surface area contributed by atoms with Gasteiger partial charge in [-0.3, -0.25) is 0 Å². The third-order valence-electron chi connectivity index (χ3n) is 5.81. The molecule has 4 heterocycles. The Balaban J connectivity index is 1.43. The van der Waals surface area contributed by atoms with Crippen molar-refractivity contribution in [2.24, 2.45) is 0 Å². The Morgan fingerprint density at radius 3 is 2.79 bits per heavy atom. The molecule has 0 fully saturated rings. The number of nitrogens with zero attached hydrogens (tertiary/aromatic N) is 1. The molecule has 1 N–H and O–H groups in total. The van der Waals surface area contributed by atoms with Crippen molar-refractivity contribution in [1.82, 2.24) is 5.32 Å². The maximum absolute atomic E-state index is 6.18. The number of rotatable bonds is 2. The van der Waals surface area contributed by atoms with Crippen molar-refractivity contribution in [1.29, 1.82) is 0 Å². The summed E-state index contributed by atoms with van der Waals surface area (Å²) in [5, 5.41) is 4.68. The summed E-state index contributed by atoms with van der Waals surface area (Å²) in [5.74, 6) is 2.26. The molecule has 5 nitrogen and oxygen atoms in total. The summed E-state index contributed by atoms with van der Waals surface area (Å²) in [6, 6.07) is 12.3. The first-order chi connectivity index (χ1) is 14.1. The van der Waals surface area contributed by atoms with Crippen molar-refractivity contribution in [2.45, 2.75) is 17.2 Å². The van der Waals surface area contributed by atoms with Gasteiger partial charge in [0.05, 0.1) is 4.36 Å². The monoisotopic (exact) mass is 444 g/mol. The summed E-state index contributed by atoms with van der Waals surface area (Å²) in [4.78, 5) is 2.18. The summed E-state index contributed by atoms with van der Waals surface area (Å²) < 4.78 is 18.1. The van der Waals surface area contributed by atoms with Crippen LogP contribution in [0.1, 0.15) is 17.5 Å². The van der Waals surface area contributed by atoms with Gasteiger partial charge in [-0.25, -0.2) is 0 Å². The predicted octanol–water partition coefficient (Wildman–Crippen LogP) is 4.33. The van der Waals surface area contributed by atoms with E-state index in [1.165, 1.54) is 0 Å². The minimum Gasteiger partial charge on any atom is -0.490 e. The molecule has 0 amide bonds. The summed E-state index contributed by atoms with van der Waals surface area (Å²) in [6.07, 6.45) is 3.03. The quantitative estimate of drug-likeness (QED) is 0.691. The predicted molar refractivity (Wildman–Crippen MR) is 118 cm³/mol. The molecular weight excluding hydrogens is 428 g/mol. The first kappa shape index (κ1) is 17.7. The van der Waals surface area contributed by atoms with E-state index in [0.29, 0.717) is 17.0 Å². The Hall–Kier alpha value is -2.09. The highest BCUT2D eigenvalue weighted by Gasteiger charge is 2.49. The van der Waals surface area contributed by atoms with Crippen LogP contribution in [-0.2, 0) is 5.54 Å². The maximum Gasteiger partial charge on any atom is 0.231 e. The molecule has 2 atom stereocenters. The largest absolute Gasteiger partial charge is 0.490 e. The van der Waals surface area contributed by atoms with Crippen LogP contribution in [-0.4, -0.2) is 30.3 Å². The average Bonchev–Trinajstić information content (AvgIpc) is 3.43. The molecule has 0 radical (unpaired) electrons. The second-order valence-corrected chi connectivity index (χ2v) is 9.80. The zero-order valence-corrected chi connectivity index (χ0v) is 17.7. The highest BCUT2D eigenvalue weighted by Crippen LogP contribution is 2.51. The van der Waals surface area contributed by atoms with E-state index < -0.39 is 5.54 Å². The molecule has 1 spiro atoms. The minimum atomic E-state index is -0.542. The fourth-order valence-electron chi connectivity index (χ4n) is 4.44. The van der Waals surface area contributed by atoms with E-state index in [9.17, 15) is 0 Å². The fourth-order valence-corrected chi connectivity index (χ4v) is 6.18. The first-order valence-corrected chi connectivity index (χ1v) is 11.1. The first-order valence-electron chi connectivity index (χ1n) is 9.42. The van der Waals surface area contributed by atoms with Gasteiger partial charge in [-0.05, 0) is 30.8 Å². The van der Waals surface area contributed by atoms with E-state index >= 15 is 0 Å². The van der Waals surface area contributed by atoms with Gasteiger partial charge >= 0.3 is 0 Å². The second kappa shape index (κ2) is 6.45. The summed E-state index contributed by atoms with van der Waals surface area (Å²) >= 11 is 13.7. The average molecular weight is 445 g/mol. The molecule has 4 aliphatic rings. The number of nitrogens with one attached hydrogen (secondary N) is 1. The van der Waals surface area contributed by atoms with E-state index in [2.05, 4.69) is 40.6 Å². The number of thiocarbonyl (C=S) groups is 1. The number of allylic oxidation sites excluding steroid dienone is 1. The van der Waals surface area contributed by atoms with Crippen molar-refractivity contribution < 1.29 is 14.2 Å². The smallest absolute Gasteiger partial charge is 0.231 e. The van der Waals surface area contributed by atoms with Crippen LogP contribution in [0.3, 0.4) is 0 Å². The van der Waals surface area contributed by atoms with E-state index in [1.54, 1.807) is 11.8 Å². The number of ether oxygens (including phenoxy) is 3. The van der Waals surface area contributed by atoms with Crippen LogP contribution in [0.5, 0.6) is 17.2 Å². The number of anilines is 1. The van der Waals surface area contributed by atoms with E-state index in [0.717, 1.165) is 51.4 Å². The molecule has 2 aromatic rings. The molecule has 2 unspecified atom stereocenters. The molecule has 0 aliphatic carbocycles.